The van der Waals surface area contributed by atoms with Crippen LogP contribution in [0.25, 0.3) is 0 Å². The Balaban J connectivity index is 2.04. The molecule has 0 aliphatic rings. The molecule has 6 nitrogen and oxygen atoms in total. The van der Waals surface area contributed by atoms with E-state index in [-0.39, 0.29) is 25.7 Å². The van der Waals surface area contributed by atoms with Crippen molar-refractivity contribution in [1.29, 1.82) is 0 Å². The molecule has 0 fully saturated rings. The van der Waals surface area contributed by atoms with E-state index < -0.39 is 6.09 Å². The van der Waals surface area contributed by atoms with Crippen LogP contribution in [0, 0.1) is 0 Å². The molecule has 0 heterocycles. The number of ether oxygens (including phenoxy) is 2. The quantitative estimate of drug-likeness (QED) is 0.551. The van der Waals surface area contributed by atoms with E-state index in [2.05, 4.69) is 5.32 Å². The second-order valence-electron chi connectivity index (χ2n) is 4.10. The molecule has 0 spiro atoms. The van der Waals surface area contributed by atoms with Crippen LogP contribution in [0.2, 0.25) is 0 Å². The van der Waals surface area contributed by atoms with Gasteiger partial charge >= 0.3 is 12.1 Å². The van der Waals surface area contributed by atoms with Crippen LogP contribution in [0.1, 0.15) is 18.4 Å². The molecule has 110 valence electrons. The van der Waals surface area contributed by atoms with Gasteiger partial charge in [-0.15, -0.1) is 0 Å². The van der Waals surface area contributed by atoms with E-state index in [0.717, 1.165) is 5.56 Å². The maximum absolute atomic E-state index is 11.3. The minimum atomic E-state index is -0.535. The van der Waals surface area contributed by atoms with Crippen molar-refractivity contribution >= 4 is 12.1 Å². The maximum Gasteiger partial charge on any atom is 0.407 e. The first-order chi connectivity index (χ1) is 9.72. The Kier molecular flexibility index (Phi) is 7.83. The highest BCUT2D eigenvalue weighted by atomic mass is 16.6. The first kappa shape index (κ1) is 16.0. The zero-order valence-corrected chi connectivity index (χ0v) is 11.3. The molecule has 3 N–H and O–H groups in total. The third kappa shape index (κ3) is 7.38. The molecule has 0 atom stereocenters. The second-order valence-corrected chi connectivity index (χ2v) is 4.10. The van der Waals surface area contributed by atoms with E-state index in [1.54, 1.807) is 0 Å². The van der Waals surface area contributed by atoms with Crippen molar-refractivity contribution in [3.8, 4) is 0 Å². The predicted octanol–water partition coefficient (Wildman–Crippen LogP) is 1.19. The van der Waals surface area contributed by atoms with Crippen LogP contribution >= 0.6 is 0 Å². The molecule has 0 aromatic heterocycles. The fourth-order valence-electron chi connectivity index (χ4n) is 1.41. The number of hydrogen-bond acceptors (Lipinski definition) is 5. The zero-order valence-electron chi connectivity index (χ0n) is 11.3. The third-order valence-corrected chi connectivity index (χ3v) is 2.43. The summed E-state index contributed by atoms with van der Waals surface area (Å²) in [6.45, 7) is 1.02. The van der Waals surface area contributed by atoms with Gasteiger partial charge in [0.2, 0.25) is 0 Å². The van der Waals surface area contributed by atoms with Crippen molar-refractivity contribution < 1.29 is 19.1 Å². The largest absolute Gasteiger partial charge is 0.464 e. The molecule has 6 heteroatoms. The summed E-state index contributed by atoms with van der Waals surface area (Å²) in [6.07, 6.45) is 0.368. The summed E-state index contributed by atoms with van der Waals surface area (Å²) in [5, 5.41) is 2.50. The summed E-state index contributed by atoms with van der Waals surface area (Å²) < 4.78 is 9.89. The topological polar surface area (TPSA) is 90.7 Å². The number of rotatable bonds is 8. The molecule has 0 unspecified atom stereocenters. The highest BCUT2D eigenvalue weighted by molar-refractivity contribution is 5.69. The van der Waals surface area contributed by atoms with Gasteiger partial charge in [-0.05, 0) is 18.5 Å². The summed E-state index contributed by atoms with van der Waals surface area (Å²) in [6, 6.07) is 9.37. The second kappa shape index (κ2) is 9.80. The summed E-state index contributed by atoms with van der Waals surface area (Å²) in [7, 11) is 0. The Hall–Kier alpha value is -2.08. The van der Waals surface area contributed by atoms with Crippen molar-refractivity contribution in [2.45, 2.75) is 19.4 Å². The van der Waals surface area contributed by atoms with Gasteiger partial charge < -0.3 is 20.5 Å². The van der Waals surface area contributed by atoms with Crippen molar-refractivity contribution in [1.82, 2.24) is 5.32 Å². The average Bonchev–Trinajstić information content (AvgIpc) is 2.48. The number of amides is 1. The van der Waals surface area contributed by atoms with E-state index >= 15 is 0 Å². The van der Waals surface area contributed by atoms with Gasteiger partial charge in [0.05, 0.1) is 6.54 Å². The normalized spacial score (nSPS) is 9.85. The summed E-state index contributed by atoms with van der Waals surface area (Å²) in [4.78, 5) is 22.5. The Morgan fingerprint density at radius 2 is 1.90 bits per heavy atom. The van der Waals surface area contributed by atoms with Gasteiger partial charge in [-0.3, -0.25) is 4.79 Å². The zero-order chi connectivity index (χ0) is 14.6. The highest BCUT2D eigenvalue weighted by Crippen LogP contribution is 2.00. The molecule has 20 heavy (non-hydrogen) atoms. The van der Waals surface area contributed by atoms with Gasteiger partial charge in [-0.1, -0.05) is 30.3 Å². The summed E-state index contributed by atoms with van der Waals surface area (Å²) in [5.41, 5.74) is 6.18. The Morgan fingerprint density at radius 1 is 1.15 bits per heavy atom. The van der Waals surface area contributed by atoms with E-state index in [1.807, 2.05) is 30.3 Å². The van der Waals surface area contributed by atoms with Gasteiger partial charge in [-0.25, -0.2) is 4.79 Å². The lowest BCUT2D eigenvalue weighted by Crippen LogP contribution is -2.28. The van der Waals surface area contributed by atoms with E-state index in [1.165, 1.54) is 0 Å². The maximum atomic E-state index is 11.3. The van der Waals surface area contributed by atoms with Crippen molar-refractivity contribution in [2.24, 2.45) is 5.73 Å². The van der Waals surface area contributed by atoms with Crippen LogP contribution < -0.4 is 11.1 Å². The number of carbonyl (C=O) groups is 2. The lowest BCUT2D eigenvalue weighted by atomic mass is 10.2. The predicted molar refractivity (Wildman–Crippen MR) is 73.9 cm³/mol. The monoisotopic (exact) mass is 280 g/mol. The first-order valence-corrected chi connectivity index (χ1v) is 6.52. The summed E-state index contributed by atoms with van der Waals surface area (Å²) >= 11 is 0. The summed E-state index contributed by atoms with van der Waals surface area (Å²) in [5.74, 6) is -0.310. The minimum absolute atomic E-state index is 0.129. The third-order valence-electron chi connectivity index (χ3n) is 2.43. The first-order valence-electron chi connectivity index (χ1n) is 6.52. The van der Waals surface area contributed by atoms with Crippen LogP contribution in [0.4, 0.5) is 4.79 Å². The van der Waals surface area contributed by atoms with Gasteiger partial charge in [0.15, 0.2) is 0 Å². The number of nitrogens with one attached hydrogen (secondary N) is 1. The number of esters is 1. The molecule has 0 aliphatic heterocycles. The van der Waals surface area contributed by atoms with Crippen LogP contribution in [0.15, 0.2) is 30.3 Å². The number of benzene rings is 1. The molecule has 1 aromatic rings. The molecule has 0 saturated heterocycles. The molecular formula is C14H20N2O4. The van der Waals surface area contributed by atoms with Gasteiger partial charge in [0.1, 0.15) is 13.2 Å². The average molecular weight is 280 g/mol. The van der Waals surface area contributed by atoms with Gasteiger partial charge in [0.25, 0.3) is 0 Å². The Morgan fingerprint density at radius 3 is 2.60 bits per heavy atom. The van der Waals surface area contributed by atoms with Crippen molar-refractivity contribution in [2.75, 3.05) is 19.7 Å². The SMILES string of the molecule is NCCCC(=O)OCCNC(=O)OCc1ccccc1. The van der Waals surface area contributed by atoms with Crippen molar-refractivity contribution in [3.05, 3.63) is 35.9 Å². The molecule has 1 aromatic carbocycles. The Labute approximate surface area is 118 Å². The molecule has 0 radical (unpaired) electrons. The van der Waals surface area contributed by atoms with E-state index in [4.69, 9.17) is 15.2 Å². The molecule has 0 bridgehead atoms. The minimum Gasteiger partial charge on any atom is -0.464 e. The molecule has 1 amide bonds. The smallest absolute Gasteiger partial charge is 0.407 e. The number of carbonyl (C=O) groups excluding carboxylic acids is 2. The van der Waals surface area contributed by atoms with E-state index in [9.17, 15) is 9.59 Å². The van der Waals surface area contributed by atoms with Gasteiger partial charge in [0, 0.05) is 6.42 Å². The fourth-order valence-corrected chi connectivity index (χ4v) is 1.41. The van der Waals surface area contributed by atoms with Crippen LogP contribution in [0.5, 0.6) is 0 Å². The van der Waals surface area contributed by atoms with Crippen molar-refractivity contribution in [3.63, 3.8) is 0 Å². The molecule has 0 aliphatic carbocycles. The fraction of sp³-hybridized carbons (Fsp3) is 0.429. The Bertz CT molecular complexity index is 409. The van der Waals surface area contributed by atoms with E-state index in [0.29, 0.717) is 19.4 Å². The lowest BCUT2D eigenvalue weighted by molar-refractivity contribution is -0.143. The molecule has 1 rings (SSSR count). The lowest BCUT2D eigenvalue weighted by Gasteiger charge is -2.07. The van der Waals surface area contributed by atoms with Crippen LogP contribution in [-0.2, 0) is 20.9 Å². The number of nitrogens with two attached hydrogens (primary N) is 1. The van der Waals surface area contributed by atoms with Crippen LogP contribution in [0.3, 0.4) is 0 Å². The molecule has 0 saturated carbocycles. The standard InChI is InChI=1S/C14H20N2O4/c15-8-4-7-13(17)19-10-9-16-14(18)20-11-12-5-2-1-3-6-12/h1-3,5-6H,4,7-11,15H2,(H,16,18). The van der Waals surface area contributed by atoms with Crippen LogP contribution in [-0.4, -0.2) is 31.8 Å². The number of alkyl carbamates (subject to hydrolysis) is 1. The van der Waals surface area contributed by atoms with Gasteiger partial charge in [-0.2, -0.15) is 0 Å². The number of hydrogen-bond donors (Lipinski definition) is 2. The molecular weight excluding hydrogens is 260 g/mol. The highest BCUT2D eigenvalue weighted by Gasteiger charge is 2.04.